The van der Waals surface area contributed by atoms with Gasteiger partial charge in [-0.1, -0.05) is 35.9 Å². The Morgan fingerprint density at radius 2 is 1.63 bits per heavy atom. The lowest BCUT2D eigenvalue weighted by molar-refractivity contribution is -0.144. The molecule has 52 heavy (non-hydrogen) atoms. The molecule has 0 aromatic heterocycles. The van der Waals surface area contributed by atoms with Gasteiger partial charge in [0, 0.05) is 62.7 Å². The summed E-state index contributed by atoms with van der Waals surface area (Å²) in [6.45, 7) is 8.10. The van der Waals surface area contributed by atoms with Crippen molar-refractivity contribution in [2.45, 2.75) is 96.4 Å². The fourth-order valence-corrected chi connectivity index (χ4v) is 6.42. The summed E-state index contributed by atoms with van der Waals surface area (Å²) in [5.74, 6) is -1.45. The number of nitrogens with zero attached hydrogens (tertiary/aromatic N) is 2. The number of likely N-dealkylation sites (tertiary alicyclic amines) is 1. The Labute approximate surface area is 310 Å². The number of piperidine rings is 1. The van der Waals surface area contributed by atoms with E-state index in [0.29, 0.717) is 30.1 Å². The maximum atomic E-state index is 14.2. The summed E-state index contributed by atoms with van der Waals surface area (Å²) < 4.78 is 5.17. The van der Waals surface area contributed by atoms with E-state index in [1.807, 2.05) is 37.3 Å². The third kappa shape index (κ3) is 11.7. The first-order valence-electron chi connectivity index (χ1n) is 17.8. The molecule has 0 radical (unpaired) electrons. The van der Waals surface area contributed by atoms with Crippen molar-refractivity contribution in [1.82, 2.24) is 25.8 Å². The second-order valence-electron chi connectivity index (χ2n) is 14.5. The highest BCUT2D eigenvalue weighted by Crippen LogP contribution is 2.26. The quantitative estimate of drug-likeness (QED) is 0.212. The molecule has 4 N–H and O–H groups in total. The average Bonchev–Trinajstić information content (AvgIpc) is 3.12. The number of anilines is 1. The van der Waals surface area contributed by atoms with Gasteiger partial charge in [0.15, 0.2) is 0 Å². The highest BCUT2D eigenvalue weighted by Gasteiger charge is 2.39. The summed E-state index contributed by atoms with van der Waals surface area (Å²) >= 11 is 6.21. The van der Waals surface area contributed by atoms with Gasteiger partial charge in [-0.15, -0.1) is 0 Å². The topological polar surface area (TPSA) is 166 Å². The third-order valence-corrected chi connectivity index (χ3v) is 9.61. The molecule has 5 amide bonds. The standard InChI is InChI=1S/C38H51ClN6O7/c1-26-20-29(12-13-30(26)39)42-24-38(25-46,16-17-40-32(47)22-41-36(51)52-37(2,3)4)43-35(50)31-21-27-10-6-7-11-28(27)23-45(31)34(49)15-14-33(48)44-18-8-5-9-19-44/h6-7,10-13,20,25,31,42H,5,8-9,14-19,21-24H2,1-4H3,(H,40,47)(H,41,51)(H,43,50)/t31-,38+/m0/s1. The number of benzene rings is 2. The maximum Gasteiger partial charge on any atom is 0.408 e. The van der Waals surface area contributed by atoms with Crippen LogP contribution in [0.5, 0.6) is 0 Å². The van der Waals surface area contributed by atoms with Gasteiger partial charge in [0.2, 0.25) is 23.6 Å². The van der Waals surface area contributed by atoms with Gasteiger partial charge in [0.25, 0.3) is 0 Å². The van der Waals surface area contributed by atoms with Crippen LogP contribution in [0, 0.1) is 6.92 Å². The molecule has 0 aliphatic carbocycles. The van der Waals surface area contributed by atoms with Crippen LogP contribution in [0.25, 0.3) is 0 Å². The number of hydrogen-bond donors (Lipinski definition) is 4. The smallest absolute Gasteiger partial charge is 0.408 e. The van der Waals surface area contributed by atoms with Crippen molar-refractivity contribution in [3.63, 3.8) is 0 Å². The summed E-state index contributed by atoms with van der Waals surface area (Å²) in [6, 6.07) is 11.9. The molecule has 282 valence electrons. The van der Waals surface area contributed by atoms with Crippen LogP contribution in [-0.4, -0.2) is 95.7 Å². The molecule has 14 heteroatoms. The Bertz CT molecular complexity index is 1620. The monoisotopic (exact) mass is 738 g/mol. The summed E-state index contributed by atoms with van der Waals surface area (Å²) in [4.78, 5) is 81.8. The molecule has 1 saturated heterocycles. The highest BCUT2D eigenvalue weighted by molar-refractivity contribution is 6.31. The fraction of sp³-hybridized carbons (Fsp3) is 0.526. The number of aldehydes is 1. The number of amides is 5. The van der Waals surface area contributed by atoms with Crippen molar-refractivity contribution >= 4 is 53.3 Å². The van der Waals surface area contributed by atoms with E-state index in [9.17, 15) is 28.8 Å². The molecular formula is C38H51ClN6O7. The van der Waals surface area contributed by atoms with E-state index in [0.717, 1.165) is 36.0 Å². The van der Waals surface area contributed by atoms with E-state index in [-0.39, 0.29) is 63.7 Å². The van der Waals surface area contributed by atoms with Gasteiger partial charge in [-0.05, 0) is 88.3 Å². The molecule has 2 aliphatic heterocycles. The largest absolute Gasteiger partial charge is 0.444 e. The normalized spacial score (nSPS) is 16.8. The number of nitrogens with one attached hydrogen (secondary N) is 4. The van der Waals surface area contributed by atoms with E-state index in [1.54, 1.807) is 37.8 Å². The van der Waals surface area contributed by atoms with Crippen LogP contribution in [0.1, 0.15) is 76.0 Å². The number of fused-ring (bicyclic) bond motifs is 1. The molecule has 13 nitrogen and oxygen atoms in total. The Hall–Kier alpha value is -4.65. The second kappa shape index (κ2) is 18.2. The number of rotatable bonds is 14. The third-order valence-electron chi connectivity index (χ3n) is 9.18. The number of aryl methyl sites for hydroxylation is 1. The average molecular weight is 739 g/mol. The Morgan fingerprint density at radius 3 is 2.31 bits per heavy atom. The number of ether oxygens (including phenoxy) is 1. The summed E-state index contributed by atoms with van der Waals surface area (Å²) in [7, 11) is 0. The van der Waals surface area contributed by atoms with Crippen molar-refractivity contribution in [2.24, 2.45) is 0 Å². The van der Waals surface area contributed by atoms with Gasteiger partial charge < -0.3 is 40.6 Å². The van der Waals surface area contributed by atoms with Crippen molar-refractivity contribution in [1.29, 1.82) is 0 Å². The van der Waals surface area contributed by atoms with E-state index in [4.69, 9.17) is 16.3 Å². The highest BCUT2D eigenvalue weighted by atomic mass is 35.5. The molecule has 0 saturated carbocycles. The van der Waals surface area contributed by atoms with Crippen LogP contribution in [-0.2, 0) is 41.7 Å². The van der Waals surface area contributed by atoms with Gasteiger partial charge in [-0.25, -0.2) is 4.79 Å². The Kier molecular flexibility index (Phi) is 14.1. The molecule has 2 aromatic rings. The van der Waals surface area contributed by atoms with Gasteiger partial charge in [-0.3, -0.25) is 19.2 Å². The first-order chi connectivity index (χ1) is 24.7. The van der Waals surface area contributed by atoms with Crippen molar-refractivity contribution in [2.75, 3.05) is 38.0 Å². The van der Waals surface area contributed by atoms with Gasteiger partial charge >= 0.3 is 6.09 Å². The SMILES string of the molecule is Cc1cc(NC[C@@](C=O)(CCNC(=O)CNC(=O)OC(C)(C)C)NC(=O)[C@@H]2Cc3ccccc3CN2C(=O)CCC(=O)N2CCCCC2)ccc1Cl. The molecule has 4 rings (SSSR count). The molecule has 2 aromatic carbocycles. The minimum absolute atomic E-state index is 0.0123. The second-order valence-corrected chi connectivity index (χ2v) is 14.9. The van der Waals surface area contributed by atoms with Crippen molar-refractivity contribution in [3.8, 4) is 0 Å². The van der Waals surface area contributed by atoms with Crippen molar-refractivity contribution < 1.29 is 33.5 Å². The Balaban J connectivity index is 1.50. The van der Waals surface area contributed by atoms with Crippen LogP contribution < -0.4 is 21.3 Å². The van der Waals surface area contributed by atoms with Crippen LogP contribution >= 0.6 is 11.6 Å². The lowest BCUT2D eigenvalue weighted by Gasteiger charge is -2.39. The van der Waals surface area contributed by atoms with E-state index in [2.05, 4.69) is 21.3 Å². The van der Waals surface area contributed by atoms with Crippen LogP contribution in [0.15, 0.2) is 42.5 Å². The first-order valence-corrected chi connectivity index (χ1v) is 18.2. The van der Waals surface area contributed by atoms with E-state index < -0.39 is 35.1 Å². The van der Waals surface area contributed by atoms with Gasteiger partial charge in [-0.2, -0.15) is 0 Å². The van der Waals surface area contributed by atoms with Gasteiger partial charge in [0.1, 0.15) is 23.5 Å². The molecule has 0 spiro atoms. The molecule has 2 atom stereocenters. The van der Waals surface area contributed by atoms with Gasteiger partial charge in [0.05, 0.1) is 6.54 Å². The molecule has 0 bridgehead atoms. The molecular weight excluding hydrogens is 688 g/mol. The number of alkyl carbamates (subject to hydrolysis) is 1. The zero-order valence-corrected chi connectivity index (χ0v) is 31.3. The minimum atomic E-state index is -1.52. The summed E-state index contributed by atoms with van der Waals surface area (Å²) in [5.41, 5.74) is 1.04. The number of carbonyl (C=O) groups excluding carboxylic acids is 6. The number of hydrogen-bond acceptors (Lipinski definition) is 8. The molecule has 1 fully saturated rings. The lowest BCUT2D eigenvalue weighted by atomic mass is 9.91. The Morgan fingerprint density at radius 1 is 0.942 bits per heavy atom. The summed E-state index contributed by atoms with van der Waals surface area (Å²) in [6.07, 6.45) is 3.08. The molecule has 0 unspecified atom stereocenters. The maximum absolute atomic E-state index is 14.2. The van der Waals surface area contributed by atoms with Crippen LogP contribution in [0.2, 0.25) is 5.02 Å². The molecule has 2 aliphatic rings. The number of halogens is 1. The van der Waals surface area contributed by atoms with Crippen molar-refractivity contribution in [3.05, 3.63) is 64.2 Å². The predicted molar refractivity (Wildman–Crippen MR) is 198 cm³/mol. The van der Waals surface area contributed by atoms with E-state index in [1.165, 1.54) is 4.90 Å². The molecule has 2 heterocycles. The minimum Gasteiger partial charge on any atom is -0.444 e. The zero-order valence-electron chi connectivity index (χ0n) is 30.5. The summed E-state index contributed by atoms with van der Waals surface area (Å²) in [5, 5.41) is 11.8. The van der Waals surface area contributed by atoms with Crippen LogP contribution in [0.3, 0.4) is 0 Å². The fourth-order valence-electron chi connectivity index (χ4n) is 6.30. The zero-order chi connectivity index (χ0) is 37.9. The first kappa shape index (κ1) is 40.1. The predicted octanol–water partition coefficient (Wildman–Crippen LogP) is 3.89. The van der Waals surface area contributed by atoms with E-state index >= 15 is 0 Å². The number of carbonyl (C=O) groups is 6. The lowest BCUT2D eigenvalue weighted by Crippen LogP contribution is -2.62. The van der Waals surface area contributed by atoms with Crippen LogP contribution in [0.4, 0.5) is 10.5 Å².